The molecule has 0 atom stereocenters. The van der Waals surface area contributed by atoms with Gasteiger partial charge in [0, 0.05) is 33.3 Å². The molecule has 1 aliphatic rings. The molecule has 1 aromatic carbocycles. The van der Waals surface area contributed by atoms with Crippen LogP contribution in [0, 0.1) is 5.92 Å². The smallest absolute Gasteiger partial charge is 0.309 e. The summed E-state index contributed by atoms with van der Waals surface area (Å²) in [7, 11) is 1.80. The number of carbonyl (C=O) groups is 1. The minimum Gasteiger partial charge on any atom is -0.466 e. The Morgan fingerprint density at radius 1 is 1.21 bits per heavy atom. The first kappa shape index (κ1) is 24.7. The summed E-state index contributed by atoms with van der Waals surface area (Å²) in [5.74, 6) is 0.818. The van der Waals surface area contributed by atoms with Crippen LogP contribution in [0.2, 0.25) is 0 Å². The molecule has 1 N–H and O–H groups in total. The molecule has 158 valence electrons. The van der Waals surface area contributed by atoms with Crippen LogP contribution in [0.3, 0.4) is 0 Å². The van der Waals surface area contributed by atoms with Crippen molar-refractivity contribution in [3.05, 3.63) is 35.4 Å². The van der Waals surface area contributed by atoms with E-state index in [-0.39, 0.29) is 35.9 Å². The average molecular weight is 503 g/mol. The molecule has 1 heterocycles. The van der Waals surface area contributed by atoms with Crippen LogP contribution in [-0.2, 0) is 27.4 Å². The van der Waals surface area contributed by atoms with Crippen molar-refractivity contribution in [3.63, 3.8) is 0 Å². The summed E-state index contributed by atoms with van der Waals surface area (Å²) in [5, 5.41) is 3.46. The molecule has 1 fully saturated rings. The molecule has 28 heavy (non-hydrogen) atoms. The van der Waals surface area contributed by atoms with Gasteiger partial charge in [-0.25, -0.2) is 0 Å². The van der Waals surface area contributed by atoms with E-state index in [9.17, 15) is 4.79 Å². The Labute approximate surface area is 186 Å². The van der Waals surface area contributed by atoms with Crippen LogP contribution in [0.1, 0.15) is 44.2 Å². The van der Waals surface area contributed by atoms with E-state index in [2.05, 4.69) is 34.3 Å². The second-order valence-corrected chi connectivity index (χ2v) is 6.74. The zero-order valence-electron chi connectivity index (χ0n) is 17.3. The zero-order valence-corrected chi connectivity index (χ0v) is 19.6. The predicted octanol–water partition coefficient (Wildman–Crippen LogP) is 3.58. The molecule has 1 aromatic rings. The van der Waals surface area contributed by atoms with Crippen molar-refractivity contribution < 1.29 is 14.3 Å². The molecular formula is C21H34IN3O3. The number of likely N-dealkylation sites (tertiary alicyclic amines) is 1. The maximum atomic E-state index is 11.9. The van der Waals surface area contributed by atoms with Crippen LogP contribution in [0.25, 0.3) is 0 Å². The quantitative estimate of drug-likeness (QED) is 0.193. The van der Waals surface area contributed by atoms with Gasteiger partial charge in [-0.15, -0.1) is 24.0 Å². The summed E-state index contributed by atoms with van der Waals surface area (Å²) >= 11 is 0. The van der Waals surface area contributed by atoms with Crippen LogP contribution in [-0.4, -0.2) is 50.2 Å². The number of halogens is 1. The summed E-state index contributed by atoms with van der Waals surface area (Å²) in [4.78, 5) is 18.5. The lowest BCUT2D eigenvalue weighted by atomic mass is 9.97. The maximum Gasteiger partial charge on any atom is 0.309 e. The van der Waals surface area contributed by atoms with E-state index in [0.29, 0.717) is 19.8 Å². The standard InChI is InChI=1S/C21H33N3O3.HI/c1-4-14-26-16-19-9-7-6-8-18(19)15-23-21(22-3)24-12-10-17(11-13-24)20(25)27-5-2;/h6-9,17H,4-5,10-16H2,1-3H3,(H,22,23);1H. The van der Waals surface area contributed by atoms with Crippen LogP contribution < -0.4 is 5.32 Å². The molecule has 6 nitrogen and oxygen atoms in total. The van der Waals surface area contributed by atoms with Crippen molar-refractivity contribution >= 4 is 35.9 Å². The molecule has 0 radical (unpaired) electrons. The zero-order chi connectivity index (χ0) is 19.5. The second-order valence-electron chi connectivity index (χ2n) is 6.74. The van der Waals surface area contributed by atoms with E-state index in [0.717, 1.165) is 44.9 Å². The monoisotopic (exact) mass is 503 g/mol. The third-order valence-corrected chi connectivity index (χ3v) is 4.79. The summed E-state index contributed by atoms with van der Waals surface area (Å²) in [5.41, 5.74) is 2.42. The highest BCUT2D eigenvalue weighted by molar-refractivity contribution is 14.0. The lowest BCUT2D eigenvalue weighted by Crippen LogP contribution is -2.46. The first-order chi connectivity index (χ1) is 13.2. The fraction of sp³-hybridized carbons (Fsp3) is 0.619. The summed E-state index contributed by atoms with van der Waals surface area (Å²) in [6, 6.07) is 8.33. The minimum absolute atomic E-state index is 0. The summed E-state index contributed by atoms with van der Waals surface area (Å²) < 4.78 is 10.8. The molecule has 0 aromatic heterocycles. The van der Waals surface area contributed by atoms with Crippen LogP contribution in [0.5, 0.6) is 0 Å². The van der Waals surface area contributed by atoms with E-state index < -0.39 is 0 Å². The molecule has 0 bridgehead atoms. The molecule has 1 saturated heterocycles. The van der Waals surface area contributed by atoms with E-state index >= 15 is 0 Å². The Hall–Kier alpha value is -1.35. The summed E-state index contributed by atoms with van der Waals surface area (Å²) in [6.07, 6.45) is 2.64. The average Bonchev–Trinajstić information content (AvgIpc) is 2.70. The Kier molecular flexibility index (Phi) is 12.1. The van der Waals surface area contributed by atoms with Gasteiger partial charge in [0.15, 0.2) is 5.96 Å². The largest absolute Gasteiger partial charge is 0.466 e. The third-order valence-electron chi connectivity index (χ3n) is 4.79. The predicted molar refractivity (Wildman–Crippen MR) is 123 cm³/mol. The molecular weight excluding hydrogens is 469 g/mol. The molecule has 0 unspecified atom stereocenters. The lowest BCUT2D eigenvalue weighted by Gasteiger charge is -2.33. The van der Waals surface area contributed by atoms with Crippen molar-refractivity contribution in [1.29, 1.82) is 0 Å². The van der Waals surface area contributed by atoms with Gasteiger partial charge in [-0.1, -0.05) is 31.2 Å². The fourth-order valence-corrected chi connectivity index (χ4v) is 3.29. The SMILES string of the molecule is CCCOCc1ccccc1CNC(=NC)N1CCC(C(=O)OCC)CC1.I. The van der Waals surface area contributed by atoms with Crippen LogP contribution in [0.4, 0.5) is 0 Å². The van der Waals surface area contributed by atoms with E-state index in [1.807, 2.05) is 19.1 Å². The number of carbonyl (C=O) groups excluding carboxylic acids is 1. The molecule has 2 rings (SSSR count). The molecule has 0 saturated carbocycles. The topological polar surface area (TPSA) is 63.2 Å². The minimum atomic E-state index is -0.0684. The van der Waals surface area contributed by atoms with Gasteiger partial charge >= 0.3 is 5.97 Å². The molecule has 0 amide bonds. The van der Waals surface area contributed by atoms with Gasteiger partial charge < -0.3 is 19.7 Å². The number of benzene rings is 1. The highest BCUT2D eigenvalue weighted by Crippen LogP contribution is 2.19. The van der Waals surface area contributed by atoms with Gasteiger partial charge in [0.05, 0.1) is 19.1 Å². The van der Waals surface area contributed by atoms with E-state index in [1.54, 1.807) is 7.05 Å². The number of hydrogen-bond donors (Lipinski definition) is 1. The van der Waals surface area contributed by atoms with Gasteiger partial charge in [0.1, 0.15) is 0 Å². The first-order valence-electron chi connectivity index (χ1n) is 9.96. The number of nitrogens with one attached hydrogen (secondary N) is 1. The van der Waals surface area contributed by atoms with Gasteiger partial charge in [-0.05, 0) is 37.3 Å². The van der Waals surface area contributed by atoms with Crippen molar-refractivity contribution in [3.8, 4) is 0 Å². The molecule has 1 aliphatic heterocycles. The molecule has 7 heteroatoms. The number of rotatable bonds is 8. The summed E-state index contributed by atoms with van der Waals surface area (Å²) in [6.45, 7) is 8.15. The number of esters is 1. The Balaban J connectivity index is 0.00000392. The number of ether oxygens (including phenoxy) is 2. The number of nitrogens with zero attached hydrogens (tertiary/aromatic N) is 2. The number of aliphatic imine (C=N–C) groups is 1. The van der Waals surface area contributed by atoms with Crippen molar-refractivity contribution in [2.45, 2.75) is 46.3 Å². The lowest BCUT2D eigenvalue weighted by molar-refractivity contribution is -0.149. The fourth-order valence-electron chi connectivity index (χ4n) is 3.29. The van der Waals surface area contributed by atoms with Gasteiger partial charge in [0.2, 0.25) is 0 Å². The van der Waals surface area contributed by atoms with E-state index in [1.165, 1.54) is 11.1 Å². The van der Waals surface area contributed by atoms with Gasteiger partial charge in [0.25, 0.3) is 0 Å². The number of guanidine groups is 1. The normalized spacial score (nSPS) is 15.1. The Morgan fingerprint density at radius 3 is 2.50 bits per heavy atom. The Morgan fingerprint density at radius 2 is 1.89 bits per heavy atom. The van der Waals surface area contributed by atoms with Crippen LogP contribution in [0.15, 0.2) is 29.3 Å². The third kappa shape index (κ3) is 7.58. The number of hydrogen-bond acceptors (Lipinski definition) is 4. The Bertz CT molecular complexity index is 617. The first-order valence-corrected chi connectivity index (χ1v) is 9.96. The van der Waals surface area contributed by atoms with Crippen molar-refractivity contribution in [2.24, 2.45) is 10.9 Å². The highest BCUT2D eigenvalue weighted by Gasteiger charge is 2.27. The van der Waals surface area contributed by atoms with Gasteiger partial charge in [-0.2, -0.15) is 0 Å². The van der Waals surface area contributed by atoms with Crippen molar-refractivity contribution in [2.75, 3.05) is 33.4 Å². The van der Waals surface area contributed by atoms with E-state index in [4.69, 9.17) is 9.47 Å². The maximum absolute atomic E-state index is 11.9. The second kappa shape index (κ2) is 13.8. The number of piperidine rings is 1. The van der Waals surface area contributed by atoms with Crippen molar-refractivity contribution in [1.82, 2.24) is 10.2 Å². The molecule has 0 aliphatic carbocycles. The van der Waals surface area contributed by atoms with Gasteiger partial charge in [-0.3, -0.25) is 9.79 Å². The highest BCUT2D eigenvalue weighted by atomic mass is 127. The molecule has 0 spiro atoms. The van der Waals surface area contributed by atoms with Crippen LogP contribution >= 0.6 is 24.0 Å².